The summed E-state index contributed by atoms with van der Waals surface area (Å²) in [4.78, 5) is 15.2. The number of fused-ring (bicyclic) bond motifs is 3. The maximum absolute atomic E-state index is 13.1. The third-order valence-electron chi connectivity index (χ3n) is 7.78. The molecule has 206 valence electrons. The van der Waals surface area contributed by atoms with Crippen LogP contribution in [0.3, 0.4) is 0 Å². The first-order chi connectivity index (χ1) is 18.3. The lowest BCUT2D eigenvalue weighted by Gasteiger charge is -2.41. The van der Waals surface area contributed by atoms with Crippen LogP contribution in [-0.4, -0.2) is 75.6 Å². The topological polar surface area (TPSA) is 119 Å². The lowest BCUT2D eigenvalue weighted by molar-refractivity contribution is -0.122. The van der Waals surface area contributed by atoms with E-state index < -0.39 is 6.29 Å². The van der Waals surface area contributed by atoms with Gasteiger partial charge in [-0.05, 0) is 74.4 Å². The Morgan fingerprint density at radius 2 is 1.71 bits per heavy atom. The van der Waals surface area contributed by atoms with Crippen LogP contribution in [0, 0.1) is 11.8 Å². The van der Waals surface area contributed by atoms with Gasteiger partial charge in [-0.25, -0.2) is 0 Å². The summed E-state index contributed by atoms with van der Waals surface area (Å²) in [5.41, 5.74) is 2.56. The Labute approximate surface area is 222 Å². The van der Waals surface area contributed by atoms with Crippen molar-refractivity contribution >= 4 is 5.91 Å². The predicted octanol–water partition coefficient (Wildman–Crippen LogP) is 2.75. The number of ether oxygens (including phenoxy) is 5. The molecule has 1 amide bonds. The van der Waals surface area contributed by atoms with Crippen LogP contribution in [0.25, 0.3) is 0 Å². The molecule has 0 saturated carbocycles. The number of unbranched alkanes of at least 4 members (excludes halogenated alkanes) is 1. The van der Waals surface area contributed by atoms with Crippen LogP contribution >= 0.6 is 0 Å². The smallest absolute Gasteiger partial charge is 0.231 e. The molecule has 2 heterocycles. The molecule has 1 saturated heterocycles. The maximum atomic E-state index is 13.1. The van der Waals surface area contributed by atoms with Gasteiger partial charge in [-0.1, -0.05) is 0 Å². The number of rotatable bonds is 9. The third kappa shape index (κ3) is 4.83. The van der Waals surface area contributed by atoms with Gasteiger partial charge in [0.25, 0.3) is 0 Å². The monoisotopic (exact) mass is 528 g/mol. The number of carbonyl (C=O) groups excluding carboxylic acids is 1. The van der Waals surface area contributed by atoms with Crippen LogP contribution in [0.5, 0.6) is 28.7 Å². The zero-order valence-electron chi connectivity index (χ0n) is 22.2. The van der Waals surface area contributed by atoms with Gasteiger partial charge in [0, 0.05) is 24.2 Å². The van der Waals surface area contributed by atoms with E-state index in [1.807, 2.05) is 26.2 Å². The van der Waals surface area contributed by atoms with Gasteiger partial charge in [-0.2, -0.15) is 0 Å². The lowest BCUT2D eigenvalue weighted by Crippen LogP contribution is -2.43. The van der Waals surface area contributed by atoms with Crippen LogP contribution in [0.15, 0.2) is 24.3 Å². The molecule has 38 heavy (non-hydrogen) atoms. The summed E-state index contributed by atoms with van der Waals surface area (Å²) in [5.74, 6) is 0.695. The standard InChI is InChI=1S/C28H36N2O8/c1-30(2)8-6-5-7-23(31)29-26-17-12-20-19(37-14-38-20)11-16(17)24(25-18(26)13-36-28(25)33)15-9-21(34-3)27(32)22(10-15)35-4/h9-12,18,24-26,28,32-33H,5-8,13-14H2,1-4H3,(H,29,31)/t18-,24+,25-,26+,28?/m0/s1. The van der Waals surface area contributed by atoms with Crippen molar-refractivity contribution in [1.82, 2.24) is 10.2 Å². The molecule has 2 aliphatic heterocycles. The number of nitrogens with zero attached hydrogens (tertiary/aromatic N) is 1. The Morgan fingerprint density at radius 1 is 1.05 bits per heavy atom. The highest BCUT2D eigenvalue weighted by molar-refractivity contribution is 5.77. The van der Waals surface area contributed by atoms with Gasteiger partial charge in [0.1, 0.15) is 0 Å². The molecule has 0 bridgehead atoms. The lowest BCUT2D eigenvalue weighted by atomic mass is 9.65. The van der Waals surface area contributed by atoms with Gasteiger partial charge < -0.3 is 44.1 Å². The molecule has 0 radical (unpaired) electrons. The first-order valence-corrected chi connectivity index (χ1v) is 12.9. The number of hydrogen-bond donors (Lipinski definition) is 3. The molecule has 0 spiro atoms. The summed E-state index contributed by atoms with van der Waals surface area (Å²) >= 11 is 0. The van der Waals surface area contributed by atoms with E-state index in [2.05, 4.69) is 10.2 Å². The second-order valence-electron chi connectivity index (χ2n) is 10.4. The van der Waals surface area contributed by atoms with E-state index in [0.29, 0.717) is 17.9 Å². The number of aromatic hydroxyl groups is 1. The summed E-state index contributed by atoms with van der Waals surface area (Å²) in [5, 5.41) is 24.8. The molecule has 3 aliphatic rings. The number of methoxy groups -OCH3 is 2. The molecule has 10 heteroatoms. The fraction of sp³-hybridized carbons (Fsp3) is 0.536. The second-order valence-corrected chi connectivity index (χ2v) is 10.4. The van der Waals surface area contributed by atoms with Crippen molar-refractivity contribution < 1.29 is 38.7 Å². The maximum Gasteiger partial charge on any atom is 0.231 e. The molecule has 1 unspecified atom stereocenters. The van der Waals surface area contributed by atoms with Crippen LogP contribution in [0.4, 0.5) is 0 Å². The summed E-state index contributed by atoms with van der Waals surface area (Å²) in [6.07, 6.45) is 1.09. The van der Waals surface area contributed by atoms with E-state index in [-0.39, 0.29) is 60.4 Å². The minimum absolute atomic E-state index is 0.0380. The van der Waals surface area contributed by atoms with Gasteiger partial charge >= 0.3 is 0 Å². The van der Waals surface area contributed by atoms with Crippen molar-refractivity contribution in [3.05, 3.63) is 41.0 Å². The third-order valence-corrected chi connectivity index (χ3v) is 7.78. The van der Waals surface area contributed by atoms with Gasteiger partial charge in [0.2, 0.25) is 18.4 Å². The zero-order valence-corrected chi connectivity index (χ0v) is 22.2. The minimum atomic E-state index is -1.05. The Balaban J connectivity index is 1.56. The van der Waals surface area contributed by atoms with Crippen molar-refractivity contribution in [3.63, 3.8) is 0 Å². The summed E-state index contributed by atoms with van der Waals surface area (Å²) in [6.45, 7) is 1.33. The Kier molecular flexibility index (Phi) is 7.56. The average Bonchev–Trinajstić information content (AvgIpc) is 3.52. The van der Waals surface area contributed by atoms with Gasteiger partial charge in [-0.15, -0.1) is 0 Å². The number of aliphatic hydroxyl groups is 1. The van der Waals surface area contributed by atoms with E-state index in [9.17, 15) is 15.0 Å². The van der Waals surface area contributed by atoms with E-state index in [0.717, 1.165) is 36.1 Å². The highest BCUT2D eigenvalue weighted by atomic mass is 16.7. The molecule has 3 N–H and O–H groups in total. The normalized spacial score (nSPS) is 25.2. The van der Waals surface area contributed by atoms with Gasteiger partial charge in [0.05, 0.1) is 26.9 Å². The highest BCUT2D eigenvalue weighted by Gasteiger charge is 2.52. The quantitative estimate of drug-likeness (QED) is 0.422. The minimum Gasteiger partial charge on any atom is -0.502 e. The van der Waals surface area contributed by atoms with Crippen molar-refractivity contribution in [2.75, 3.05) is 48.3 Å². The van der Waals surface area contributed by atoms with Gasteiger partial charge in [0.15, 0.2) is 29.3 Å². The van der Waals surface area contributed by atoms with E-state index in [4.69, 9.17) is 23.7 Å². The molecule has 2 aromatic carbocycles. The first-order valence-electron chi connectivity index (χ1n) is 12.9. The van der Waals surface area contributed by atoms with Crippen LogP contribution in [0.1, 0.15) is 47.9 Å². The first kappa shape index (κ1) is 26.4. The average molecular weight is 529 g/mol. The molecule has 5 atom stereocenters. The summed E-state index contributed by atoms with van der Waals surface area (Å²) in [6, 6.07) is 6.98. The Morgan fingerprint density at radius 3 is 2.34 bits per heavy atom. The zero-order chi connectivity index (χ0) is 27.0. The number of amides is 1. The molecular formula is C28H36N2O8. The summed E-state index contributed by atoms with van der Waals surface area (Å²) < 4.78 is 28.0. The molecular weight excluding hydrogens is 492 g/mol. The fourth-order valence-electron chi connectivity index (χ4n) is 5.96. The van der Waals surface area contributed by atoms with Crippen LogP contribution in [0.2, 0.25) is 0 Å². The number of phenolic OH excluding ortho intramolecular Hbond substituents is 1. The van der Waals surface area contributed by atoms with E-state index >= 15 is 0 Å². The molecule has 10 nitrogen and oxygen atoms in total. The fourth-order valence-corrected chi connectivity index (χ4v) is 5.96. The van der Waals surface area contributed by atoms with Crippen molar-refractivity contribution in [1.29, 1.82) is 0 Å². The molecule has 1 aliphatic carbocycles. The second kappa shape index (κ2) is 10.9. The van der Waals surface area contributed by atoms with E-state index in [1.54, 1.807) is 12.1 Å². The number of hydrogen-bond acceptors (Lipinski definition) is 9. The Bertz CT molecular complexity index is 1160. The number of aliphatic hydroxyl groups excluding tert-OH is 1. The number of benzene rings is 2. The van der Waals surface area contributed by atoms with E-state index in [1.165, 1.54) is 14.2 Å². The van der Waals surface area contributed by atoms with Crippen molar-refractivity contribution in [2.24, 2.45) is 11.8 Å². The van der Waals surface area contributed by atoms with Crippen LogP contribution in [-0.2, 0) is 9.53 Å². The van der Waals surface area contributed by atoms with Crippen molar-refractivity contribution in [2.45, 2.75) is 37.5 Å². The van der Waals surface area contributed by atoms with Crippen molar-refractivity contribution in [3.8, 4) is 28.7 Å². The number of carbonyl (C=O) groups is 1. The highest BCUT2D eigenvalue weighted by Crippen LogP contribution is 2.56. The summed E-state index contributed by atoms with van der Waals surface area (Å²) in [7, 11) is 6.99. The van der Waals surface area contributed by atoms with Crippen LogP contribution < -0.4 is 24.3 Å². The molecule has 1 fully saturated rings. The number of nitrogens with one attached hydrogen (secondary N) is 1. The largest absolute Gasteiger partial charge is 0.502 e. The number of phenols is 1. The molecule has 5 rings (SSSR count). The van der Waals surface area contributed by atoms with Gasteiger partial charge in [-0.3, -0.25) is 4.79 Å². The molecule has 0 aromatic heterocycles. The Hall–Kier alpha value is -3.21. The SMILES string of the molecule is COc1cc([C@@H]2c3cc4c(cc3[C@@H](NC(=O)CCCCN(C)C)[C@H]3COC(O)[C@H]23)OCO4)cc(OC)c1O. The predicted molar refractivity (Wildman–Crippen MR) is 138 cm³/mol. The molecule has 2 aromatic rings.